The summed E-state index contributed by atoms with van der Waals surface area (Å²) in [6.45, 7) is 0. The van der Waals surface area contributed by atoms with Gasteiger partial charge in [-0.15, -0.1) is 0 Å². The van der Waals surface area contributed by atoms with E-state index in [1.165, 1.54) is 6.07 Å². The Bertz CT molecular complexity index is 933. The highest BCUT2D eigenvalue weighted by Crippen LogP contribution is 2.43. The number of H-pyrrole nitrogens is 1. The van der Waals surface area contributed by atoms with Crippen molar-refractivity contribution in [2.24, 2.45) is 0 Å². The van der Waals surface area contributed by atoms with E-state index in [4.69, 9.17) is 0 Å². The number of rotatable bonds is 4. The minimum absolute atomic E-state index is 0.0152. The van der Waals surface area contributed by atoms with Gasteiger partial charge in [-0.25, -0.2) is 13.1 Å². The van der Waals surface area contributed by atoms with Gasteiger partial charge in [0.25, 0.3) is 0 Å². The predicted octanol–water partition coefficient (Wildman–Crippen LogP) is 3.66. The monoisotopic (exact) mass is 385 g/mol. The molecule has 0 radical (unpaired) electrons. The van der Waals surface area contributed by atoms with Gasteiger partial charge in [-0.2, -0.15) is 18.3 Å². The summed E-state index contributed by atoms with van der Waals surface area (Å²) in [4.78, 5) is -0.329. The predicted molar refractivity (Wildman–Crippen MR) is 88.0 cm³/mol. The molecule has 2 aliphatic rings. The van der Waals surface area contributed by atoms with Crippen LogP contribution in [0.5, 0.6) is 0 Å². The molecule has 0 bridgehead atoms. The SMILES string of the molecule is O=S(=O)(NC1CCCc2[nH]ncc21)c1cc(C2CC2)cc(C(F)(F)F)c1. The first-order chi connectivity index (χ1) is 12.2. The molecule has 0 spiro atoms. The van der Waals surface area contributed by atoms with Crippen molar-refractivity contribution in [3.8, 4) is 0 Å². The van der Waals surface area contributed by atoms with Crippen LogP contribution < -0.4 is 4.72 Å². The largest absolute Gasteiger partial charge is 0.416 e. The number of halogens is 3. The lowest BCUT2D eigenvalue weighted by Crippen LogP contribution is -2.31. The van der Waals surface area contributed by atoms with E-state index < -0.39 is 27.8 Å². The Kier molecular flexibility index (Phi) is 4.11. The molecule has 1 aromatic carbocycles. The maximum atomic E-state index is 13.2. The average Bonchev–Trinajstić information content (AvgIpc) is 3.31. The van der Waals surface area contributed by atoms with Gasteiger partial charge < -0.3 is 0 Å². The lowest BCUT2D eigenvalue weighted by atomic mass is 9.94. The zero-order valence-electron chi connectivity index (χ0n) is 13.8. The van der Waals surface area contributed by atoms with Crippen molar-refractivity contribution in [2.75, 3.05) is 0 Å². The molecule has 26 heavy (non-hydrogen) atoms. The molecule has 0 saturated heterocycles. The van der Waals surface area contributed by atoms with Crippen molar-refractivity contribution in [3.05, 3.63) is 46.8 Å². The Morgan fingerprint density at radius 3 is 2.62 bits per heavy atom. The number of hydrogen-bond acceptors (Lipinski definition) is 3. The van der Waals surface area contributed by atoms with Gasteiger partial charge in [-0.3, -0.25) is 5.10 Å². The highest BCUT2D eigenvalue weighted by atomic mass is 32.2. The van der Waals surface area contributed by atoms with E-state index in [1.807, 2.05) is 0 Å². The Morgan fingerprint density at radius 1 is 1.15 bits per heavy atom. The van der Waals surface area contributed by atoms with Crippen LogP contribution >= 0.6 is 0 Å². The summed E-state index contributed by atoms with van der Waals surface area (Å²) in [7, 11) is -4.08. The third-order valence-corrected chi connectivity index (χ3v) is 6.41. The van der Waals surface area contributed by atoms with Gasteiger partial charge in [0.1, 0.15) is 0 Å². The molecule has 9 heteroatoms. The summed E-state index contributed by atoms with van der Waals surface area (Å²) in [5, 5.41) is 6.78. The number of nitrogens with one attached hydrogen (secondary N) is 2. The van der Waals surface area contributed by atoms with Crippen LogP contribution in [0, 0.1) is 0 Å². The lowest BCUT2D eigenvalue weighted by molar-refractivity contribution is -0.137. The minimum Gasteiger partial charge on any atom is -0.282 e. The second kappa shape index (κ2) is 6.09. The lowest BCUT2D eigenvalue weighted by Gasteiger charge is -2.23. The Balaban J connectivity index is 1.69. The second-order valence-electron chi connectivity index (χ2n) is 6.93. The van der Waals surface area contributed by atoms with Crippen molar-refractivity contribution in [3.63, 3.8) is 0 Å². The minimum atomic E-state index is -4.59. The third kappa shape index (κ3) is 3.37. The number of aryl methyl sites for hydroxylation is 1. The van der Waals surface area contributed by atoms with Crippen LogP contribution in [0.4, 0.5) is 13.2 Å². The fraction of sp³-hybridized carbons (Fsp3) is 0.471. The number of aromatic nitrogens is 2. The van der Waals surface area contributed by atoms with Crippen LogP contribution in [0.15, 0.2) is 29.3 Å². The van der Waals surface area contributed by atoms with E-state index in [0.717, 1.165) is 43.0 Å². The van der Waals surface area contributed by atoms with Crippen LogP contribution in [-0.4, -0.2) is 18.6 Å². The normalized spacial score (nSPS) is 20.8. The smallest absolute Gasteiger partial charge is 0.282 e. The van der Waals surface area contributed by atoms with E-state index in [1.54, 1.807) is 6.20 Å². The zero-order chi connectivity index (χ0) is 18.5. The molecular formula is C17H18F3N3O2S. The summed E-state index contributed by atoms with van der Waals surface area (Å²) < 4.78 is 67.8. The Hall–Kier alpha value is -1.87. The van der Waals surface area contributed by atoms with Gasteiger partial charge in [0.15, 0.2) is 0 Å². The molecule has 1 fully saturated rings. The standard InChI is InChI=1S/C17H18F3N3O2S/c18-17(19,20)12-6-11(10-4-5-10)7-13(8-12)26(24,25)23-16-3-1-2-15-14(16)9-21-22-15/h6-10,16,23H,1-5H2,(H,21,22). The number of benzene rings is 1. The molecule has 1 unspecified atom stereocenters. The molecule has 5 nitrogen and oxygen atoms in total. The molecule has 0 amide bonds. The van der Waals surface area contributed by atoms with Crippen LogP contribution in [0.25, 0.3) is 0 Å². The molecule has 2 aliphatic carbocycles. The number of fused-ring (bicyclic) bond motifs is 1. The molecule has 0 aliphatic heterocycles. The van der Waals surface area contributed by atoms with Gasteiger partial charge in [-0.1, -0.05) is 0 Å². The van der Waals surface area contributed by atoms with Crippen molar-refractivity contribution in [2.45, 2.75) is 55.1 Å². The number of hydrogen-bond donors (Lipinski definition) is 2. The second-order valence-corrected chi connectivity index (χ2v) is 8.65. The first-order valence-electron chi connectivity index (χ1n) is 8.51. The maximum Gasteiger partial charge on any atom is 0.416 e. The van der Waals surface area contributed by atoms with Crippen LogP contribution in [-0.2, 0) is 22.6 Å². The average molecular weight is 385 g/mol. The van der Waals surface area contributed by atoms with Crippen molar-refractivity contribution in [1.82, 2.24) is 14.9 Å². The fourth-order valence-electron chi connectivity index (χ4n) is 3.43. The van der Waals surface area contributed by atoms with Crippen molar-refractivity contribution >= 4 is 10.0 Å². The molecular weight excluding hydrogens is 367 g/mol. The van der Waals surface area contributed by atoms with Crippen molar-refractivity contribution < 1.29 is 21.6 Å². The van der Waals surface area contributed by atoms with Gasteiger partial charge in [0.2, 0.25) is 10.0 Å². The highest BCUT2D eigenvalue weighted by Gasteiger charge is 2.36. The number of nitrogens with zero attached hydrogens (tertiary/aromatic N) is 1. The Labute approximate surface area is 149 Å². The quantitative estimate of drug-likeness (QED) is 0.843. The van der Waals surface area contributed by atoms with E-state index in [2.05, 4.69) is 14.9 Å². The number of aromatic amines is 1. The molecule has 4 rings (SSSR count). The summed E-state index contributed by atoms with van der Waals surface area (Å²) in [5.74, 6) is 0.0152. The summed E-state index contributed by atoms with van der Waals surface area (Å²) in [6.07, 6.45) is 0.701. The molecule has 1 saturated carbocycles. The summed E-state index contributed by atoms with van der Waals surface area (Å²) in [5.41, 5.74) is 1.14. The zero-order valence-corrected chi connectivity index (χ0v) is 14.6. The van der Waals surface area contributed by atoms with Gasteiger partial charge in [-0.05, 0) is 61.8 Å². The molecule has 2 N–H and O–H groups in total. The fourth-order valence-corrected chi connectivity index (χ4v) is 4.76. The molecule has 2 aromatic rings. The van der Waals surface area contributed by atoms with Gasteiger partial charge in [0, 0.05) is 11.3 Å². The number of sulfonamides is 1. The first kappa shape index (κ1) is 17.5. The summed E-state index contributed by atoms with van der Waals surface area (Å²) in [6, 6.07) is 2.66. The molecule has 1 atom stereocenters. The van der Waals surface area contributed by atoms with Crippen molar-refractivity contribution in [1.29, 1.82) is 0 Å². The van der Waals surface area contributed by atoms with E-state index in [0.29, 0.717) is 18.1 Å². The van der Waals surface area contributed by atoms with Crippen LogP contribution in [0.2, 0.25) is 0 Å². The van der Waals surface area contributed by atoms with Crippen LogP contribution in [0.3, 0.4) is 0 Å². The topological polar surface area (TPSA) is 74.8 Å². The number of alkyl halides is 3. The third-order valence-electron chi connectivity index (χ3n) is 4.96. The highest BCUT2D eigenvalue weighted by molar-refractivity contribution is 7.89. The van der Waals surface area contributed by atoms with Gasteiger partial charge >= 0.3 is 6.18 Å². The molecule has 1 aromatic heterocycles. The van der Waals surface area contributed by atoms with E-state index >= 15 is 0 Å². The Morgan fingerprint density at radius 2 is 1.92 bits per heavy atom. The summed E-state index contributed by atoms with van der Waals surface area (Å²) >= 11 is 0. The molecule has 140 valence electrons. The maximum absolute atomic E-state index is 13.2. The van der Waals surface area contributed by atoms with E-state index in [-0.39, 0.29) is 10.8 Å². The van der Waals surface area contributed by atoms with E-state index in [9.17, 15) is 21.6 Å². The first-order valence-corrected chi connectivity index (χ1v) is 9.99. The molecule has 1 heterocycles. The van der Waals surface area contributed by atoms with Gasteiger partial charge in [0.05, 0.1) is 22.7 Å². The van der Waals surface area contributed by atoms with Crippen LogP contribution in [0.1, 0.15) is 60.0 Å².